The van der Waals surface area contributed by atoms with Crippen molar-refractivity contribution in [3.05, 3.63) is 30.2 Å². The van der Waals surface area contributed by atoms with Gasteiger partial charge in [-0.2, -0.15) is 4.98 Å². The van der Waals surface area contributed by atoms with Crippen molar-refractivity contribution in [1.82, 2.24) is 15.0 Å². The van der Waals surface area contributed by atoms with E-state index in [1.54, 1.807) is 0 Å². The Morgan fingerprint density at radius 3 is 2.92 bits per heavy atom. The molecule has 1 aromatic carbocycles. The third-order valence-electron chi connectivity index (χ3n) is 4.83. The Morgan fingerprint density at radius 2 is 2.08 bits per heavy atom. The second kappa shape index (κ2) is 8.16. The van der Waals surface area contributed by atoms with Crippen LogP contribution in [0.3, 0.4) is 0 Å². The fourth-order valence-corrected chi connectivity index (χ4v) is 3.66. The topological polar surface area (TPSA) is 69.9 Å². The Hall–Kier alpha value is -1.96. The van der Waals surface area contributed by atoms with Crippen LogP contribution in [0.25, 0.3) is 11.4 Å². The summed E-state index contributed by atoms with van der Waals surface area (Å²) in [6.07, 6.45) is 2.20. The number of rotatable bonds is 6. The van der Waals surface area contributed by atoms with Crippen LogP contribution in [0.4, 0.5) is 0 Å². The van der Waals surface area contributed by atoms with Gasteiger partial charge in [-0.1, -0.05) is 17.3 Å². The summed E-state index contributed by atoms with van der Waals surface area (Å²) in [7, 11) is 0. The van der Waals surface area contributed by atoms with Gasteiger partial charge in [0.1, 0.15) is 5.75 Å². The van der Waals surface area contributed by atoms with Gasteiger partial charge in [-0.25, -0.2) is 0 Å². The van der Waals surface area contributed by atoms with Crippen molar-refractivity contribution in [3.8, 4) is 17.1 Å². The molecule has 2 fully saturated rings. The first-order valence-corrected chi connectivity index (χ1v) is 9.34. The Kier molecular flexibility index (Phi) is 5.48. The fraction of sp³-hybridized carbons (Fsp3) is 0.579. The average Bonchev–Trinajstić information content (AvgIpc) is 3.35. The standard InChI is InChI=1S/C19H25N3O4/c1-2-23-16-8-4-3-7-15(16)18-20-17(26-21-18)13-22-9-5-6-14(12-22)19-24-10-11-25-19/h3-4,7-8,14,19H,2,5-6,9-13H2,1H3. The minimum Gasteiger partial charge on any atom is -0.493 e. The number of piperidine rings is 1. The first-order chi connectivity index (χ1) is 12.8. The van der Waals surface area contributed by atoms with E-state index in [1.165, 1.54) is 0 Å². The molecule has 0 spiro atoms. The van der Waals surface area contributed by atoms with Crippen molar-refractivity contribution < 1.29 is 18.7 Å². The van der Waals surface area contributed by atoms with E-state index in [0.29, 0.717) is 44.0 Å². The third-order valence-corrected chi connectivity index (χ3v) is 4.83. The molecule has 26 heavy (non-hydrogen) atoms. The zero-order valence-electron chi connectivity index (χ0n) is 15.1. The lowest BCUT2D eigenvalue weighted by atomic mass is 9.97. The second-order valence-electron chi connectivity index (χ2n) is 6.69. The molecule has 7 heteroatoms. The maximum absolute atomic E-state index is 5.67. The molecule has 4 rings (SSSR count). The molecular formula is C19H25N3O4. The predicted octanol–water partition coefficient (Wildman–Crippen LogP) is 2.72. The second-order valence-corrected chi connectivity index (χ2v) is 6.69. The summed E-state index contributed by atoms with van der Waals surface area (Å²) in [5, 5.41) is 4.15. The summed E-state index contributed by atoms with van der Waals surface area (Å²) in [6.45, 7) is 6.56. The Morgan fingerprint density at radius 1 is 1.23 bits per heavy atom. The zero-order chi connectivity index (χ0) is 17.8. The number of ether oxygens (including phenoxy) is 3. The number of hydrogen-bond donors (Lipinski definition) is 0. The molecule has 0 N–H and O–H groups in total. The SMILES string of the molecule is CCOc1ccccc1-c1noc(CN2CCCC(C3OCCO3)C2)n1. The quantitative estimate of drug-likeness (QED) is 0.785. The Labute approximate surface area is 153 Å². The molecule has 0 aliphatic carbocycles. The summed E-state index contributed by atoms with van der Waals surface area (Å²) in [5.41, 5.74) is 0.855. The van der Waals surface area contributed by atoms with E-state index >= 15 is 0 Å². The van der Waals surface area contributed by atoms with Crippen molar-refractivity contribution >= 4 is 0 Å². The van der Waals surface area contributed by atoms with Gasteiger partial charge < -0.3 is 18.7 Å². The maximum Gasteiger partial charge on any atom is 0.241 e. The van der Waals surface area contributed by atoms with Crippen LogP contribution in [-0.2, 0) is 16.0 Å². The van der Waals surface area contributed by atoms with Crippen LogP contribution in [0.5, 0.6) is 5.75 Å². The molecule has 7 nitrogen and oxygen atoms in total. The first-order valence-electron chi connectivity index (χ1n) is 9.34. The van der Waals surface area contributed by atoms with Crippen LogP contribution in [-0.4, -0.2) is 54.2 Å². The smallest absolute Gasteiger partial charge is 0.241 e. The van der Waals surface area contributed by atoms with E-state index in [1.807, 2.05) is 31.2 Å². The van der Waals surface area contributed by atoms with Gasteiger partial charge in [-0.15, -0.1) is 0 Å². The lowest BCUT2D eigenvalue weighted by molar-refractivity contribution is -0.101. The van der Waals surface area contributed by atoms with Gasteiger partial charge in [0.05, 0.1) is 31.9 Å². The van der Waals surface area contributed by atoms with Gasteiger partial charge in [-0.3, -0.25) is 4.90 Å². The molecule has 0 saturated carbocycles. The summed E-state index contributed by atoms with van der Waals surface area (Å²) >= 11 is 0. The highest BCUT2D eigenvalue weighted by Gasteiger charge is 2.31. The average molecular weight is 359 g/mol. The first kappa shape index (κ1) is 17.5. The van der Waals surface area contributed by atoms with Crippen molar-refractivity contribution in [2.45, 2.75) is 32.6 Å². The molecule has 1 atom stereocenters. The van der Waals surface area contributed by atoms with Crippen molar-refractivity contribution in [2.24, 2.45) is 5.92 Å². The van der Waals surface area contributed by atoms with Gasteiger partial charge in [-0.05, 0) is 38.4 Å². The number of para-hydroxylation sites is 1. The number of likely N-dealkylation sites (tertiary alicyclic amines) is 1. The molecule has 1 aromatic heterocycles. The van der Waals surface area contributed by atoms with Crippen LogP contribution in [0.2, 0.25) is 0 Å². The lowest BCUT2D eigenvalue weighted by Crippen LogP contribution is -2.40. The maximum atomic E-state index is 5.67. The normalized spacial score (nSPS) is 22.0. The van der Waals surface area contributed by atoms with Crippen molar-refractivity contribution in [3.63, 3.8) is 0 Å². The Bertz CT molecular complexity index is 714. The molecule has 2 aromatic rings. The number of nitrogens with zero attached hydrogens (tertiary/aromatic N) is 3. The number of aromatic nitrogens is 2. The van der Waals surface area contributed by atoms with E-state index < -0.39 is 0 Å². The minimum absolute atomic E-state index is 0.0610. The largest absolute Gasteiger partial charge is 0.493 e. The zero-order valence-corrected chi connectivity index (χ0v) is 15.1. The highest BCUT2D eigenvalue weighted by molar-refractivity contribution is 5.63. The summed E-state index contributed by atoms with van der Waals surface area (Å²) < 4.78 is 22.5. The highest BCUT2D eigenvalue weighted by Crippen LogP contribution is 2.29. The number of benzene rings is 1. The van der Waals surface area contributed by atoms with Crippen LogP contribution in [0.1, 0.15) is 25.7 Å². The molecule has 1 unspecified atom stereocenters. The molecule has 0 radical (unpaired) electrons. The summed E-state index contributed by atoms with van der Waals surface area (Å²) in [6, 6.07) is 7.76. The van der Waals surface area contributed by atoms with Gasteiger partial charge >= 0.3 is 0 Å². The summed E-state index contributed by atoms with van der Waals surface area (Å²) in [5.74, 6) is 2.38. The van der Waals surface area contributed by atoms with E-state index in [9.17, 15) is 0 Å². The van der Waals surface area contributed by atoms with Crippen LogP contribution < -0.4 is 4.74 Å². The monoisotopic (exact) mass is 359 g/mol. The van der Waals surface area contributed by atoms with Gasteiger partial charge in [0.25, 0.3) is 0 Å². The molecule has 0 amide bonds. The van der Waals surface area contributed by atoms with Gasteiger partial charge in [0.15, 0.2) is 6.29 Å². The van der Waals surface area contributed by atoms with Crippen LogP contribution >= 0.6 is 0 Å². The Balaban J connectivity index is 1.42. The van der Waals surface area contributed by atoms with Crippen molar-refractivity contribution in [2.75, 3.05) is 32.9 Å². The molecule has 2 aliphatic heterocycles. The van der Waals surface area contributed by atoms with Gasteiger partial charge in [0, 0.05) is 12.5 Å². The van der Waals surface area contributed by atoms with E-state index in [2.05, 4.69) is 15.0 Å². The molecule has 140 valence electrons. The van der Waals surface area contributed by atoms with Crippen LogP contribution in [0.15, 0.2) is 28.8 Å². The van der Waals surface area contributed by atoms with Gasteiger partial charge in [0.2, 0.25) is 11.7 Å². The molecular weight excluding hydrogens is 334 g/mol. The van der Waals surface area contributed by atoms with Crippen molar-refractivity contribution in [1.29, 1.82) is 0 Å². The predicted molar refractivity (Wildman–Crippen MR) is 94.6 cm³/mol. The summed E-state index contributed by atoms with van der Waals surface area (Å²) in [4.78, 5) is 6.92. The van der Waals surface area contributed by atoms with E-state index in [4.69, 9.17) is 18.7 Å². The molecule has 2 saturated heterocycles. The van der Waals surface area contributed by atoms with Crippen LogP contribution in [0, 0.1) is 5.92 Å². The molecule has 2 aliphatic rings. The third kappa shape index (κ3) is 3.90. The van der Waals surface area contributed by atoms with E-state index in [-0.39, 0.29) is 6.29 Å². The molecule has 3 heterocycles. The fourth-order valence-electron chi connectivity index (χ4n) is 3.66. The number of hydrogen-bond acceptors (Lipinski definition) is 7. The lowest BCUT2D eigenvalue weighted by Gasteiger charge is -2.33. The highest BCUT2D eigenvalue weighted by atomic mass is 16.7. The van der Waals surface area contributed by atoms with E-state index in [0.717, 1.165) is 37.2 Å². The molecule has 0 bridgehead atoms. The minimum atomic E-state index is -0.0610.